The minimum absolute atomic E-state index is 0. The Labute approximate surface area is 57.2 Å². The van der Waals surface area contributed by atoms with Crippen molar-refractivity contribution in [1.82, 2.24) is 0 Å². The van der Waals surface area contributed by atoms with E-state index < -0.39 is 11.4 Å². The van der Waals surface area contributed by atoms with Crippen LogP contribution in [0.15, 0.2) is 0 Å². The van der Waals surface area contributed by atoms with E-state index in [0.717, 1.165) is 0 Å². The third kappa shape index (κ3) is 8.89. The molecular weight excluding hydrogens is 119 g/mol. The summed E-state index contributed by atoms with van der Waals surface area (Å²) in [5.74, 6) is 0. The predicted octanol–water partition coefficient (Wildman–Crippen LogP) is -3.24. The smallest absolute Gasteiger partial charge is 1.00 e. The van der Waals surface area contributed by atoms with Crippen LogP contribution in [0.2, 0.25) is 0 Å². The summed E-state index contributed by atoms with van der Waals surface area (Å²) in [6.07, 6.45) is 0. The fourth-order valence-electron chi connectivity index (χ4n) is 0. The fourth-order valence-corrected chi connectivity index (χ4v) is 0. The van der Waals surface area contributed by atoms with Gasteiger partial charge in [-0.2, -0.15) is 0 Å². The summed E-state index contributed by atoms with van der Waals surface area (Å²) >= 11 is 0.444. The minimum Gasteiger partial charge on any atom is -1.00 e. The maximum atomic E-state index is 9.07. The maximum absolute atomic E-state index is 9.07. The van der Waals surface area contributed by atoms with Crippen molar-refractivity contribution in [3.05, 3.63) is 0 Å². The summed E-state index contributed by atoms with van der Waals surface area (Å²) in [7, 11) is 0. The Hall–Kier alpha value is 1.02. The van der Waals surface area contributed by atoms with E-state index in [1.807, 2.05) is 0 Å². The van der Waals surface area contributed by atoms with Gasteiger partial charge in [0.1, 0.15) is 0 Å². The topological polar surface area (TPSA) is 49.4 Å². The van der Waals surface area contributed by atoms with Gasteiger partial charge in [-0.15, -0.1) is 0 Å². The van der Waals surface area contributed by atoms with E-state index in [0.29, 0.717) is 0 Å². The van der Waals surface area contributed by atoms with Gasteiger partial charge in [0.2, 0.25) is 0 Å². The van der Waals surface area contributed by atoms with Gasteiger partial charge < -0.3 is 5.98 Å². The molecule has 0 aromatic heterocycles. The summed E-state index contributed by atoms with van der Waals surface area (Å²) in [4.78, 5) is 0. The first-order valence-corrected chi connectivity index (χ1v) is 2.05. The molecule has 0 saturated heterocycles. The molecule has 0 spiro atoms. The molecule has 0 aromatic rings. The van der Waals surface area contributed by atoms with Crippen molar-refractivity contribution in [2.24, 2.45) is 0 Å². The monoisotopic (exact) mass is 121 g/mol. The maximum Gasteiger partial charge on any atom is 1.00 e. The zero-order chi connectivity index (χ0) is 4.28. The van der Waals surface area contributed by atoms with Gasteiger partial charge in [0.05, 0.1) is 11.4 Å². The van der Waals surface area contributed by atoms with Gasteiger partial charge in [-0.05, 0) is 12.9 Å². The Morgan fingerprint density at radius 3 is 2.17 bits per heavy atom. The molecule has 0 amide bonds. The molecule has 0 saturated carbocycles. The molecule has 1 unspecified atom stereocenters. The van der Waals surface area contributed by atoms with E-state index in [4.69, 9.17) is 8.76 Å². The van der Waals surface area contributed by atoms with Crippen LogP contribution in [-0.2, 0) is 15.0 Å². The summed E-state index contributed by atoms with van der Waals surface area (Å²) in [5, 5.41) is 0. The predicted molar refractivity (Wildman–Crippen MR) is 20.1 cm³/mol. The van der Waals surface area contributed by atoms with Gasteiger partial charge in [-0.25, -0.2) is 7.84 Å². The zero-order valence-electron chi connectivity index (χ0n) is 4.08. The van der Waals surface area contributed by atoms with E-state index in [-0.39, 0.29) is 20.3 Å². The Bertz CT molecular complexity index is 48.2. The number of thiol groups is 1. The van der Waals surface area contributed by atoms with Gasteiger partial charge in [-0.3, -0.25) is 0 Å². The molecule has 0 aliphatic rings. The van der Waals surface area contributed by atoms with Crippen LogP contribution in [-0.4, -0.2) is 8.76 Å². The largest absolute Gasteiger partial charge is 1.00 e. The average molecular weight is 121 g/mol. The van der Waals surface area contributed by atoms with Crippen molar-refractivity contribution >= 4 is 24.3 Å². The number of hydrogen-bond acceptors (Lipinski definition) is 4. The standard InChI is InChI=1S/Li.H2O3S2.H/c;1-5(2)3-4;/h;4H,(H,1,2);/q+1;;-1/p-1. The second-order valence-electron chi connectivity index (χ2n) is 0.279. The third-order valence-corrected chi connectivity index (χ3v) is 0.548. The SMILES string of the molecule is O=S([O-])OS.[H-].[Li+]. The van der Waals surface area contributed by atoms with Gasteiger partial charge in [0.15, 0.2) is 0 Å². The van der Waals surface area contributed by atoms with Crippen molar-refractivity contribution in [2.45, 2.75) is 0 Å². The van der Waals surface area contributed by atoms with Crippen LogP contribution in [0, 0.1) is 0 Å². The van der Waals surface area contributed by atoms with E-state index in [2.05, 4.69) is 16.5 Å². The molecule has 0 radical (unpaired) electrons. The first-order chi connectivity index (χ1) is 2.27. The van der Waals surface area contributed by atoms with Crippen LogP contribution < -0.4 is 18.9 Å². The van der Waals surface area contributed by atoms with Gasteiger partial charge in [-0.1, -0.05) is 0 Å². The molecule has 0 bridgehead atoms. The molecule has 0 N–H and O–H groups in total. The van der Waals surface area contributed by atoms with Gasteiger partial charge in [0, 0.05) is 0 Å². The molecule has 6 heavy (non-hydrogen) atoms. The van der Waals surface area contributed by atoms with Crippen molar-refractivity contribution in [3.8, 4) is 0 Å². The van der Waals surface area contributed by atoms with Gasteiger partial charge in [0.25, 0.3) is 0 Å². The molecular formula is H2LiO3S2-. The molecule has 6 heteroatoms. The van der Waals surface area contributed by atoms with Crippen LogP contribution in [0.4, 0.5) is 0 Å². The Morgan fingerprint density at radius 1 is 2.00 bits per heavy atom. The Balaban J connectivity index is -0.0000000800. The van der Waals surface area contributed by atoms with Crippen LogP contribution in [0.25, 0.3) is 0 Å². The summed E-state index contributed by atoms with van der Waals surface area (Å²) in [6.45, 7) is 0. The van der Waals surface area contributed by atoms with E-state index >= 15 is 0 Å². The van der Waals surface area contributed by atoms with Gasteiger partial charge >= 0.3 is 18.9 Å². The molecule has 0 aliphatic heterocycles. The van der Waals surface area contributed by atoms with E-state index in [1.54, 1.807) is 0 Å². The normalized spacial score (nSPS) is 12.3. The fraction of sp³-hybridized carbons (Fsp3) is 0. The van der Waals surface area contributed by atoms with Crippen molar-refractivity contribution < 1.29 is 32.7 Å². The summed E-state index contributed by atoms with van der Waals surface area (Å²) in [6, 6.07) is 0. The summed E-state index contributed by atoms with van der Waals surface area (Å²) < 4.78 is 21.5. The molecule has 1 atom stereocenters. The van der Waals surface area contributed by atoms with Crippen molar-refractivity contribution in [1.29, 1.82) is 0 Å². The quantitative estimate of drug-likeness (QED) is 0.172. The van der Waals surface area contributed by atoms with E-state index in [1.165, 1.54) is 0 Å². The Morgan fingerprint density at radius 2 is 2.17 bits per heavy atom. The molecule has 0 aromatic carbocycles. The van der Waals surface area contributed by atoms with Crippen LogP contribution in [0.5, 0.6) is 0 Å². The first-order valence-electron chi connectivity index (χ1n) is 0.683. The number of rotatable bonds is 1. The molecule has 0 fully saturated rings. The molecule has 0 rings (SSSR count). The number of hydrogen-bond donors (Lipinski definition) is 1. The van der Waals surface area contributed by atoms with Crippen LogP contribution in [0.3, 0.4) is 0 Å². The van der Waals surface area contributed by atoms with Crippen molar-refractivity contribution in [3.63, 3.8) is 0 Å². The summed E-state index contributed by atoms with van der Waals surface area (Å²) in [5.41, 5.74) is 0. The first kappa shape index (κ1) is 10.1. The zero-order valence-corrected chi connectivity index (χ0v) is 4.79. The molecule has 34 valence electrons. The third-order valence-electron chi connectivity index (χ3n) is 0.0609. The second-order valence-corrected chi connectivity index (χ2v) is 1.28. The average Bonchev–Trinajstić information content (AvgIpc) is 1.38. The Kier molecular flexibility index (Phi) is 10.1. The molecule has 0 heterocycles. The van der Waals surface area contributed by atoms with E-state index in [9.17, 15) is 0 Å². The molecule has 3 nitrogen and oxygen atoms in total. The minimum atomic E-state index is -2.46. The van der Waals surface area contributed by atoms with Crippen LogP contribution >= 0.6 is 12.9 Å². The van der Waals surface area contributed by atoms with Crippen molar-refractivity contribution in [2.75, 3.05) is 0 Å². The molecule has 0 aliphatic carbocycles. The van der Waals surface area contributed by atoms with Crippen LogP contribution in [0.1, 0.15) is 1.43 Å². The second kappa shape index (κ2) is 6.02.